The van der Waals surface area contributed by atoms with Gasteiger partial charge in [-0.05, 0) is 26.3 Å². The van der Waals surface area contributed by atoms with Crippen LogP contribution in [0.2, 0.25) is 0 Å². The van der Waals surface area contributed by atoms with E-state index in [0.29, 0.717) is 30.9 Å². The summed E-state index contributed by atoms with van der Waals surface area (Å²) >= 11 is 0. The van der Waals surface area contributed by atoms with E-state index in [1.165, 1.54) is 29.3 Å². The van der Waals surface area contributed by atoms with Crippen LogP contribution in [-0.4, -0.2) is 53.6 Å². The molecule has 0 radical (unpaired) electrons. The summed E-state index contributed by atoms with van der Waals surface area (Å²) in [6.45, 7) is 4.59. The summed E-state index contributed by atoms with van der Waals surface area (Å²) in [5, 5.41) is 3.70. The molecule has 9 heteroatoms. The highest BCUT2D eigenvalue weighted by atomic mass is 32.2. The molecule has 1 saturated heterocycles. The number of nitrogens with zero attached hydrogens (tertiary/aromatic N) is 4. The Morgan fingerprint density at radius 2 is 1.78 bits per heavy atom. The predicted octanol–water partition coefficient (Wildman–Crippen LogP) is 2.71. The molecular formula is C18H24F2N4O2S. The van der Waals surface area contributed by atoms with E-state index in [1.54, 1.807) is 0 Å². The number of aryl methyl sites for hydroxylation is 2. The van der Waals surface area contributed by atoms with Gasteiger partial charge in [-0.2, -0.15) is 18.2 Å². The Bertz CT molecular complexity index is 919. The molecule has 2 heterocycles. The number of rotatable bonds is 5. The number of hydrogen-bond donors (Lipinski definition) is 0. The Hall–Kier alpha value is -1.84. The lowest BCUT2D eigenvalue weighted by Crippen LogP contribution is -2.48. The summed E-state index contributed by atoms with van der Waals surface area (Å²) in [5.41, 5.74) is 2.46. The van der Waals surface area contributed by atoms with Gasteiger partial charge in [-0.15, -0.1) is 0 Å². The van der Waals surface area contributed by atoms with E-state index in [9.17, 15) is 17.2 Å². The van der Waals surface area contributed by atoms with Gasteiger partial charge in [0.15, 0.2) is 0 Å². The second-order valence-corrected chi connectivity index (χ2v) is 8.77. The van der Waals surface area contributed by atoms with Crippen LogP contribution in [0.3, 0.4) is 0 Å². The molecule has 0 aliphatic carbocycles. The monoisotopic (exact) mass is 398 g/mol. The van der Waals surface area contributed by atoms with E-state index < -0.39 is 16.6 Å². The number of piperazine rings is 1. The van der Waals surface area contributed by atoms with Crippen molar-refractivity contribution in [2.45, 2.75) is 38.8 Å². The molecule has 0 spiro atoms. The van der Waals surface area contributed by atoms with Gasteiger partial charge in [0.2, 0.25) is 10.0 Å². The number of alkyl halides is 2. The molecule has 2 aromatic rings. The molecule has 1 aromatic heterocycles. The Morgan fingerprint density at radius 1 is 1.11 bits per heavy atom. The van der Waals surface area contributed by atoms with Crippen molar-refractivity contribution in [2.75, 3.05) is 26.2 Å². The first-order valence-corrected chi connectivity index (χ1v) is 10.3. The lowest BCUT2D eigenvalue weighted by molar-refractivity contribution is 0.0538. The van der Waals surface area contributed by atoms with Crippen LogP contribution in [0, 0.1) is 20.8 Å². The molecule has 3 rings (SSSR count). The highest BCUT2D eigenvalue weighted by Crippen LogP contribution is 2.27. The van der Waals surface area contributed by atoms with Gasteiger partial charge >= 0.3 is 6.55 Å². The van der Waals surface area contributed by atoms with Crippen LogP contribution in [0.4, 0.5) is 8.78 Å². The van der Waals surface area contributed by atoms with Gasteiger partial charge in [0.25, 0.3) is 0 Å². The average Bonchev–Trinajstić information content (AvgIpc) is 2.91. The van der Waals surface area contributed by atoms with Crippen LogP contribution < -0.4 is 0 Å². The third-order valence-electron chi connectivity index (χ3n) is 4.86. The van der Waals surface area contributed by atoms with Crippen molar-refractivity contribution in [3.8, 4) is 0 Å². The molecule has 6 nitrogen and oxygen atoms in total. The van der Waals surface area contributed by atoms with Gasteiger partial charge in [0.05, 0.1) is 11.4 Å². The fourth-order valence-electron chi connectivity index (χ4n) is 3.54. The third-order valence-corrected chi connectivity index (χ3v) is 7.01. The first-order chi connectivity index (χ1) is 12.7. The molecule has 0 atom stereocenters. The minimum atomic E-state index is -3.85. The molecule has 0 unspecified atom stereocenters. The normalized spacial score (nSPS) is 17.0. The SMILES string of the molecule is Cc1cccc(CN2CCN(S(=O)(=O)c3c(C)nn(C(F)F)c3C)CC2)c1. The topological polar surface area (TPSA) is 58.4 Å². The Balaban J connectivity index is 1.72. The second kappa shape index (κ2) is 7.65. The summed E-state index contributed by atoms with van der Waals surface area (Å²) < 4.78 is 53.9. The zero-order chi connectivity index (χ0) is 19.8. The highest BCUT2D eigenvalue weighted by molar-refractivity contribution is 7.89. The molecule has 1 aliphatic heterocycles. The van der Waals surface area contributed by atoms with Crippen molar-refractivity contribution in [1.82, 2.24) is 19.0 Å². The maximum absolute atomic E-state index is 13.0. The van der Waals surface area contributed by atoms with Crippen LogP contribution in [0.25, 0.3) is 0 Å². The molecule has 1 aliphatic rings. The zero-order valence-corrected chi connectivity index (χ0v) is 16.5. The highest BCUT2D eigenvalue weighted by Gasteiger charge is 2.34. The van der Waals surface area contributed by atoms with Crippen LogP contribution >= 0.6 is 0 Å². The van der Waals surface area contributed by atoms with Crippen molar-refractivity contribution in [3.63, 3.8) is 0 Å². The van der Waals surface area contributed by atoms with Crippen molar-refractivity contribution < 1.29 is 17.2 Å². The van der Waals surface area contributed by atoms with Crippen LogP contribution in [0.15, 0.2) is 29.2 Å². The molecular weight excluding hydrogens is 374 g/mol. The quantitative estimate of drug-likeness (QED) is 0.777. The smallest absolute Gasteiger partial charge is 0.296 e. The summed E-state index contributed by atoms with van der Waals surface area (Å²) in [7, 11) is -3.85. The molecule has 27 heavy (non-hydrogen) atoms. The molecule has 0 amide bonds. The summed E-state index contributed by atoms with van der Waals surface area (Å²) in [4.78, 5) is 2.10. The van der Waals surface area contributed by atoms with Gasteiger partial charge < -0.3 is 0 Å². The van der Waals surface area contributed by atoms with E-state index in [0.717, 1.165) is 6.54 Å². The Morgan fingerprint density at radius 3 is 2.33 bits per heavy atom. The van der Waals surface area contributed by atoms with Crippen LogP contribution in [0.5, 0.6) is 0 Å². The molecule has 0 saturated carbocycles. The lowest BCUT2D eigenvalue weighted by Gasteiger charge is -2.34. The average molecular weight is 398 g/mol. The van der Waals surface area contributed by atoms with E-state index in [1.807, 2.05) is 19.1 Å². The number of aromatic nitrogens is 2. The molecule has 0 bridgehead atoms. The van der Waals surface area contributed by atoms with E-state index in [2.05, 4.69) is 22.1 Å². The molecule has 0 N–H and O–H groups in total. The molecule has 1 aromatic carbocycles. The fraction of sp³-hybridized carbons (Fsp3) is 0.500. The fourth-order valence-corrected chi connectivity index (χ4v) is 5.32. The minimum Gasteiger partial charge on any atom is -0.296 e. The predicted molar refractivity (Wildman–Crippen MR) is 98.2 cm³/mol. The van der Waals surface area contributed by atoms with E-state index in [-0.39, 0.29) is 16.3 Å². The van der Waals surface area contributed by atoms with Crippen molar-refractivity contribution in [3.05, 3.63) is 46.8 Å². The number of hydrogen-bond acceptors (Lipinski definition) is 4. The molecule has 1 fully saturated rings. The first kappa shape index (κ1) is 19.9. The van der Waals surface area contributed by atoms with Crippen LogP contribution in [-0.2, 0) is 16.6 Å². The van der Waals surface area contributed by atoms with Crippen molar-refractivity contribution in [1.29, 1.82) is 0 Å². The number of benzene rings is 1. The Kier molecular flexibility index (Phi) is 5.64. The maximum Gasteiger partial charge on any atom is 0.333 e. The Labute approximate surface area is 158 Å². The largest absolute Gasteiger partial charge is 0.333 e. The van der Waals surface area contributed by atoms with Gasteiger partial charge in [0.1, 0.15) is 4.90 Å². The van der Waals surface area contributed by atoms with Gasteiger partial charge in [-0.3, -0.25) is 4.90 Å². The molecule has 148 valence electrons. The summed E-state index contributed by atoms with van der Waals surface area (Å²) in [6.07, 6.45) is 0. The van der Waals surface area contributed by atoms with Crippen molar-refractivity contribution in [2.24, 2.45) is 0 Å². The van der Waals surface area contributed by atoms with E-state index in [4.69, 9.17) is 0 Å². The van der Waals surface area contributed by atoms with E-state index >= 15 is 0 Å². The third kappa shape index (κ3) is 4.04. The zero-order valence-electron chi connectivity index (χ0n) is 15.7. The van der Waals surface area contributed by atoms with Crippen LogP contribution in [0.1, 0.15) is 29.1 Å². The van der Waals surface area contributed by atoms with Gasteiger partial charge in [0, 0.05) is 32.7 Å². The van der Waals surface area contributed by atoms with Crippen molar-refractivity contribution >= 4 is 10.0 Å². The van der Waals surface area contributed by atoms with Gasteiger partial charge in [-0.1, -0.05) is 29.8 Å². The van der Waals surface area contributed by atoms with Gasteiger partial charge in [-0.25, -0.2) is 13.1 Å². The maximum atomic E-state index is 13.0. The number of halogens is 2. The number of sulfonamides is 1. The lowest BCUT2D eigenvalue weighted by atomic mass is 10.1. The summed E-state index contributed by atoms with van der Waals surface area (Å²) in [6, 6.07) is 8.23. The first-order valence-electron chi connectivity index (χ1n) is 8.82. The summed E-state index contributed by atoms with van der Waals surface area (Å²) in [5.74, 6) is 0. The minimum absolute atomic E-state index is 0.0234. The second-order valence-electron chi connectivity index (χ2n) is 6.89. The standard InChI is InChI=1S/C18H24F2N4O2S/c1-13-5-4-6-16(11-13)12-22-7-9-23(10-8-22)27(25,26)17-14(2)21-24(15(17)3)18(19)20/h4-6,11,18H,7-10,12H2,1-3H3.